The van der Waals surface area contributed by atoms with Crippen LogP contribution in [0.5, 0.6) is 0 Å². The summed E-state index contributed by atoms with van der Waals surface area (Å²) >= 11 is 0. The van der Waals surface area contributed by atoms with Crippen molar-refractivity contribution in [3.8, 4) is 0 Å². The summed E-state index contributed by atoms with van der Waals surface area (Å²) in [7, 11) is 0. The molecule has 0 aliphatic rings. The van der Waals surface area contributed by atoms with Crippen molar-refractivity contribution in [1.29, 1.82) is 0 Å². The minimum atomic E-state index is 0. The largest absolute Gasteiger partial charge is 4.00 e. The van der Waals surface area contributed by atoms with Gasteiger partial charge in [0.05, 0.1) is 0 Å². The molecule has 0 aliphatic carbocycles. The summed E-state index contributed by atoms with van der Waals surface area (Å²) < 4.78 is 0. The van der Waals surface area contributed by atoms with Crippen LogP contribution in [0.1, 0.15) is 7.43 Å². The van der Waals surface area contributed by atoms with Crippen molar-refractivity contribution < 1.29 is 21.7 Å². The fourth-order valence-electron chi connectivity index (χ4n) is 0. The minimum Gasteiger partial charge on any atom is -0.444 e. The Morgan fingerprint density at radius 3 is 0.571 bits per heavy atom. The third-order valence-electron chi connectivity index (χ3n) is 0. The molecule has 0 heterocycles. The Bertz CT molecular complexity index is 75.3. The van der Waals surface area contributed by atoms with Crippen molar-refractivity contribution in [2.75, 3.05) is 0 Å². The first kappa shape index (κ1) is 39.5. The molecule has 13 heteroatoms. The van der Waals surface area contributed by atoms with Crippen molar-refractivity contribution in [3.05, 3.63) is 40.5 Å². The van der Waals surface area contributed by atoms with E-state index >= 15 is 0 Å². The summed E-state index contributed by atoms with van der Waals surface area (Å²) in [5.41, 5.74) is 0. The van der Waals surface area contributed by atoms with Crippen LogP contribution < -0.4 is 0 Å². The van der Waals surface area contributed by atoms with E-state index in [2.05, 4.69) is 0 Å². The molecule has 0 N–H and O–H groups in total. The van der Waals surface area contributed by atoms with Crippen LogP contribution in [0.25, 0.3) is 0 Å². The second kappa shape index (κ2) is 225. The molecule has 0 saturated carbocycles. The van der Waals surface area contributed by atoms with Crippen LogP contribution in [0.15, 0.2) is 21.4 Å². The summed E-state index contributed by atoms with van der Waals surface area (Å²) in [4.78, 5) is 32.0. The van der Waals surface area contributed by atoms with Crippen LogP contribution >= 0.6 is 0 Å². The molecule has 14 heavy (non-hydrogen) atoms. The monoisotopic (exact) mass is 248 g/mol. The Balaban J connectivity index is -0.0000000145. The zero-order valence-electron chi connectivity index (χ0n) is 5.55. The molecule has 0 spiro atoms. The second-order valence-electron chi connectivity index (χ2n) is 0.298. The predicted octanol–water partition coefficient (Wildman–Crippen LogP) is 1.64. The van der Waals surface area contributed by atoms with Gasteiger partial charge in [-0.25, -0.2) is 0 Å². The topological polar surface area (TPSA) is 210 Å². The van der Waals surface area contributed by atoms with Gasteiger partial charge < -0.3 is 40.5 Å². The van der Waals surface area contributed by atoms with Crippen molar-refractivity contribution in [2.24, 2.45) is 21.4 Å². The molecule has 0 rings (SSSR count). The molecule has 0 aromatic rings. The Labute approximate surface area is 91.5 Å². The molecule has 0 aromatic heterocycles. The first-order chi connectivity index (χ1) is 5.66. The van der Waals surface area contributed by atoms with E-state index in [4.69, 9.17) is 40.5 Å². The van der Waals surface area contributed by atoms with E-state index in [9.17, 15) is 0 Å². The number of hydrogen-bond donors (Lipinski definition) is 0. The summed E-state index contributed by atoms with van der Waals surface area (Å²) in [6.45, 7) is 0. The number of rotatable bonds is 0. The van der Waals surface area contributed by atoms with E-state index in [1.807, 2.05) is 0 Å². The van der Waals surface area contributed by atoms with Gasteiger partial charge in [-0.3, -0.25) is 0 Å². The van der Waals surface area contributed by atoms with Gasteiger partial charge in [-0.05, 0) is 0 Å². The molecule has 0 amide bonds. The van der Waals surface area contributed by atoms with E-state index in [0.717, 1.165) is 21.4 Å². The summed E-state index contributed by atoms with van der Waals surface area (Å²) in [6.07, 6.45) is 0. The maximum Gasteiger partial charge on any atom is 4.00 e. The molecule has 0 aliphatic heterocycles. The first-order valence-corrected chi connectivity index (χ1v) is 1.46. The van der Waals surface area contributed by atoms with Gasteiger partial charge in [0.25, 0.3) is 0 Å². The maximum absolute atomic E-state index is 8.00. The zero-order valence-corrected chi connectivity index (χ0v) is 7.12. The van der Waals surface area contributed by atoms with Crippen molar-refractivity contribution in [2.45, 2.75) is 7.43 Å². The molecule has 0 radical (unpaired) electrons. The van der Waals surface area contributed by atoms with E-state index in [-0.39, 0.29) is 29.1 Å². The zero-order chi connectivity index (χ0) is 10.8. The molecule has 0 saturated heterocycles. The van der Waals surface area contributed by atoms with Crippen molar-refractivity contribution in [1.82, 2.24) is 0 Å². The fraction of sp³-hybridized carbons (Fsp3) is 1.00. The van der Waals surface area contributed by atoms with E-state index in [0.29, 0.717) is 0 Å². The molecule has 0 bridgehead atoms. The average molecular weight is 248 g/mol. The molecule has 0 atom stereocenters. The van der Waals surface area contributed by atoms with Gasteiger partial charge >= 0.3 is 21.7 Å². The van der Waals surface area contributed by atoms with Crippen LogP contribution in [0, 0.1) is 40.5 Å². The SMILES string of the molecule is C.O=N[O-].O=N[O-].O=N[O-].O=N[O-].[Ti+4]. The van der Waals surface area contributed by atoms with Gasteiger partial charge in [0.15, 0.2) is 0 Å². The van der Waals surface area contributed by atoms with E-state index < -0.39 is 0 Å². The summed E-state index contributed by atoms with van der Waals surface area (Å²) in [5, 5.41) is 36.0. The molecular weight excluding hydrogens is 244 g/mol. The van der Waals surface area contributed by atoms with Crippen LogP contribution in [0.4, 0.5) is 0 Å². The van der Waals surface area contributed by atoms with Crippen LogP contribution in [-0.4, -0.2) is 0 Å². The Morgan fingerprint density at radius 2 is 0.571 bits per heavy atom. The summed E-state index contributed by atoms with van der Waals surface area (Å²) in [5.74, 6) is 0. The third kappa shape index (κ3) is 315. The predicted molar refractivity (Wildman–Crippen MR) is 43.4 cm³/mol. The molecular formula is CH4N4O8Ti. The van der Waals surface area contributed by atoms with Gasteiger partial charge in [0, 0.05) is 0 Å². The molecule has 80 valence electrons. The Kier molecular flexibility index (Phi) is 635. The van der Waals surface area contributed by atoms with E-state index in [1.54, 1.807) is 0 Å². The normalized spacial score (nSPS) is 3.43. The van der Waals surface area contributed by atoms with Crippen LogP contribution in [0.2, 0.25) is 0 Å². The Hall–Kier alpha value is -1.69. The summed E-state index contributed by atoms with van der Waals surface area (Å²) in [6, 6.07) is 0. The maximum atomic E-state index is 8.00. The second-order valence-corrected chi connectivity index (χ2v) is 0.298. The quantitative estimate of drug-likeness (QED) is 0.348. The molecule has 0 aromatic carbocycles. The van der Waals surface area contributed by atoms with Crippen LogP contribution in [-0.2, 0) is 21.7 Å². The molecule has 0 unspecified atom stereocenters. The van der Waals surface area contributed by atoms with Crippen LogP contribution in [0.3, 0.4) is 0 Å². The first-order valence-electron chi connectivity index (χ1n) is 1.46. The van der Waals surface area contributed by atoms with Gasteiger partial charge in [-0.1, -0.05) is 7.43 Å². The van der Waals surface area contributed by atoms with Crippen molar-refractivity contribution in [3.63, 3.8) is 0 Å². The van der Waals surface area contributed by atoms with E-state index in [1.165, 1.54) is 0 Å². The van der Waals surface area contributed by atoms with Gasteiger partial charge in [0.2, 0.25) is 0 Å². The Morgan fingerprint density at radius 1 is 0.571 bits per heavy atom. The molecule has 0 fully saturated rings. The fourth-order valence-corrected chi connectivity index (χ4v) is 0. The number of hydrogen-bond acceptors (Lipinski definition) is 12. The van der Waals surface area contributed by atoms with Crippen molar-refractivity contribution >= 4 is 0 Å². The number of nitrogens with zero attached hydrogens (tertiary/aromatic N) is 4. The molecule has 12 nitrogen and oxygen atoms in total. The van der Waals surface area contributed by atoms with Gasteiger partial charge in [0.1, 0.15) is 0 Å². The smallest absolute Gasteiger partial charge is 0.444 e. The van der Waals surface area contributed by atoms with Gasteiger partial charge in [-0.2, -0.15) is 0 Å². The van der Waals surface area contributed by atoms with Gasteiger partial charge in [-0.15, -0.1) is 21.4 Å². The standard InChI is InChI=1S/CH4.4HNO2.Ti/c;4*2-1-3;/h1H4;4*(H,2,3);/q;;;;;+4/p-4. The minimum absolute atomic E-state index is 0. The average Bonchev–Trinajstić information content (AvgIpc) is 1.92. The third-order valence-corrected chi connectivity index (χ3v) is 0.